The Kier molecular flexibility index (Phi) is 5.06. The summed E-state index contributed by atoms with van der Waals surface area (Å²) in [5.74, 6) is 0.121. The number of hydrogen-bond donors (Lipinski definition) is 2. The van der Waals surface area contributed by atoms with Gasteiger partial charge in [0.1, 0.15) is 12.9 Å². The van der Waals surface area contributed by atoms with Crippen LogP contribution >= 0.6 is 11.6 Å². The third-order valence-electron chi connectivity index (χ3n) is 4.44. The fourth-order valence-corrected chi connectivity index (χ4v) is 3.47. The molecule has 0 radical (unpaired) electrons. The molecule has 0 saturated carbocycles. The van der Waals surface area contributed by atoms with E-state index in [1.165, 1.54) is 12.1 Å². The zero-order valence-electron chi connectivity index (χ0n) is 15.6. The van der Waals surface area contributed by atoms with Gasteiger partial charge in [0.05, 0.1) is 11.6 Å². The molecule has 28 heavy (non-hydrogen) atoms. The molecule has 1 unspecified atom stereocenters. The monoisotopic (exact) mass is 395 g/mol. The molecule has 0 aliphatic carbocycles. The van der Waals surface area contributed by atoms with E-state index in [4.69, 9.17) is 22.6 Å². The van der Waals surface area contributed by atoms with Crippen molar-refractivity contribution < 1.29 is 5.21 Å². The van der Waals surface area contributed by atoms with Gasteiger partial charge in [-0.1, -0.05) is 12.1 Å². The highest BCUT2D eigenvalue weighted by Crippen LogP contribution is 2.39. The van der Waals surface area contributed by atoms with E-state index in [1.807, 2.05) is 32.0 Å². The van der Waals surface area contributed by atoms with Gasteiger partial charge in [-0.3, -0.25) is 0 Å². The molecule has 0 spiro atoms. The van der Waals surface area contributed by atoms with Crippen LogP contribution in [0.2, 0.25) is 5.28 Å². The first-order valence-corrected chi connectivity index (χ1v) is 8.75. The van der Waals surface area contributed by atoms with Crippen LogP contribution < -0.4 is 10.5 Å². The number of quaternary nitrogens is 1. The van der Waals surface area contributed by atoms with Crippen molar-refractivity contribution in [2.75, 3.05) is 12.8 Å². The molecule has 142 valence electrons. The lowest BCUT2D eigenvalue weighted by atomic mass is 9.91. The van der Waals surface area contributed by atoms with Gasteiger partial charge in [0.15, 0.2) is 5.69 Å². The van der Waals surface area contributed by atoms with E-state index in [1.54, 1.807) is 12.1 Å². The van der Waals surface area contributed by atoms with Crippen LogP contribution in [0.15, 0.2) is 30.3 Å². The highest BCUT2D eigenvalue weighted by atomic mass is 35.5. The van der Waals surface area contributed by atoms with Gasteiger partial charge in [-0.2, -0.15) is 10.1 Å². The molecule has 2 aromatic carbocycles. The lowest BCUT2D eigenvalue weighted by Crippen LogP contribution is -2.33. The predicted molar refractivity (Wildman–Crippen MR) is 111 cm³/mol. The molecule has 3 N–H and O–H groups in total. The summed E-state index contributed by atoms with van der Waals surface area (Å²) >= 11 is 6.02. The summed E-state index contributed by atoms with van der Waals surface area (Å²) in [5.41, 5.74) is 10.7. The zero-order valence-corrected chi connectivity index (χ0v) is 16.3. The van der Waals surface area contributed by atoms with E-state index in [0.717, 1.165) is 29.3 Å². The second kappa shape index (κ2) is 7.19. The number of nitrogen functional groups attached to an aromatic ring is 1. The summed E-state index contributed by atoms with van der Waals surface area (Å²) < 4.78 is 0. The maximum absolute atomic E-state index is 12.2. The summed E-state index contributed by atoms with van der Waals surface area (Å²) in [6, 6.07) is 8.86. The minimum Gasteiger partial charge on any atom is -0.593 e. The number of hydroxylamine groups is 2. The average molecular weight is 396 g/mol. The number of allylic oxidation sites excluding steroid dienone is 1. The number of aryl methyl sites for hydroxylation is 2. The Hall–Kier alpha value is -3.02. The summed E-state index contributed by atoms with van der Waals surface area (Å²) in [6.07, 6.45) is 3.12. The third kappa shape index (κ3) is 3.67. The van der Waals surface area contributed by atoms with E-state index in [-0.39, 0.29) is 16.8 Å². The van der Waals surface area contributed by atoms with Gasteiger partial charge in [0.2, 0.25) is 5.28 Å². The zero-order chi connectivity index (χ0) is 20.6. The number of hydrogen-bond acceptors (Lipinski definition) is 6. The molecule has 0 aliphatic heterocycles. The topological polar surface area (TPSA) is 119 Å². The summed E-state index contributed by atoms with van der Waals surface area (Å²) in [7, 11) is 1.10. The molecule has 0 aliphatic rings. The van der Waals surface area contributed by atoms with E-state index in [9.17, 15) is 10.4 Å². The van der Waals surface area contributed by atoms with Crippen LogP contribution in [0.3, 0.4) is 0 Å². The van der Waals surface area contributed by atoms with E-state index < -0.39 is 4.81 Å². The highest BCUT2D eigenvalue weighted by Gasteiger charge is 2.21. The minimum absolute atomic E-state index is 0.00810. The summed E-state index contributed by atoms with van der Waals surface area (Å²) in [5, 5.41) is 31.3. The number of nitriles is 1. The van der Waals surface area contributed by atoms with Crippen molar-refractivity contribution in [3.05, 3.63) is 57.5 Å². The molecule has 8 heteroatoms. The molecule has 1 heterocycles. The fraction of sp³-hybridized carbons (Fsp3) is 0.150. The number of aromatic nitrogens is 2. The highest BCUT2D eigenvalue weighted by molar-refractivity contribution is 6.29. The van der Waals surface area contributed by atoms with Gasteiger partial charge >= 0.3 is 0 Å². The van der Waals surface area contributed by atoms with Crippen molar-refractivity contribution in [2.45, 2.75) is 13.8 Å². The van der Waals surface area contributed by atoms with Gasteiger partial charge < -0.3 is 10.9 Å². The number of nitrogens with two attached hydrogens (primary N) is 1. The lowest BCUT2D eigenvalue weighted by molar-refractivity contribution is -0.00427. The Morgan fingerprint density at radius 3 is 2.43 bits per heavy atom. The second-order valence-corrected chi connectivity index (χ2v) is 6.98. The molecule has 1 atom stereocenters. The van der Waals surface area contributed by atoms with Crippen LogP contribution in [-0.2, 0) is 0 Å². The predicted octanol–water partition coefficient (Wildman–Crippen LogP) is 4.51. The Balaban J connectivity index is 2.40. The molecule has 0 saturated heterocycles. The molecule has 0 amide bonds. The molecule has 0 bridgehead atoms. The first kappa shape index (κ1) is 19.7. The van der Waals surface area contributed by atoms with Crippen LogP contribution in [0.5, 0.6) is 0 Å². The van der Waals surface area contributed by atoms with Crippen molar-refractivity contribution in [2.24, 2.45) is 0 Å². The fourth-order valence-electron chi connectivity index (χ4n) is 3.29. The number of halogens is 1. The first-order chi connectivity index (χ1) is 13.1. The smallest absolute Gasteiger partial charge is 0.224 e. The third-order valence-corrected chi connectivity index (χ3v) is 4.61. The average Bonchev–Trinajstić information content (AvgIpc) is 2.58. The largest absolute Gasteiger partial charge is 0.593 e. The van der Waals surface area contributed by atoms with Crippen LogP contribution in [0.1, 0.15) is 16.7 Å². The number of benzene rings is 2. The van der Waals surface area contributed by atoms with Crippen molar-refractivity contribution in [1.82, 2.24) is 14.8 Å². The Labute approximate surface area is 167 Å². The maximum atomic E-state index is 12.2. The van der Waals surface area contributed by atoms with Gasteiger partial charge in [0, 0.05) is 29.2 Å². The van der Waals surface area contributed by atoms with E-state index >= 15 is 0 Å². The van der Waals surface area contributed by atoms with E-state index in [2.05, 4.69) is 9.97 Å². The number of rotatable bonds is 3. The molecule has 3 rings (SSSR count). The summed E-state index contributed by atoms with van der Waals surface area (Å²) in [6.45, 7) is 3.84. The van der Waals surface area contributed by atoms with Crippen LogP contribution in [0.4, 0.5) is 11.5 Å². The quantitative estimate of drug-likeness (QED) is 0.291. The van der Waals surface area contributed by atoms with E-state index in [0.29, 0.717) is 16.5 Å². The number of anilines is 1. The molecular formula is C20H18ClN5O2. The second-order valence-electron chi connectivity index (χ2n) is 6.64. The Bertz CT molecular complexity index is 1140. The van der Waals surface area contributed by atoms with Crippen molar-refractivity contribution in [3.8, 4) is 17.2 Å². The molecule has 7 nitrogen and oxygen atoms in total. The molecular weight excluding hydrogens is 378 g/mol. The molecule has 0 fully saturated rings. The van der Waals surface area contributed by atoms with Crippen LogP contribution in [0.25, 0.3) is 28.1 Å². The lowest BCUT2D eigenvalue weighted by Gasteiger charge is -2.29. The first-order valence-electron chi connectivity index (χ1n) is 8.37. The molecule has 3 aromatic rings. The SMILES string of the molecule is Cc1cc(/C=C/C#N)cc(C)c1-c1cc([N+](C)([O-])O)cc2c(N)nc(Cl)nc12. The van der Waals surface area contributed by atoms with Crippen LogP contribution in [-0.4, -0.2) is 22.2 Å². The van der Waals surface area contributed by atoms with Gasteiger partial charge in [0.25, 0.3) is 0 Å². The number of nitrogens with zero attached hydrogens (tertiary/aromatic N) is 4. The van der Waals surface area contributed by atoms with Crippen molar-refractivity contribution in [3.63, 3.8) is 0 Å². The number of fused-ring (bicyclic) bond motifs is 1. The Morgan fingerprint density at radius 1 is 1.21 bits per heavy atom. The standard InChI is InChI=1S/C20H18ClN5O2/c1-11-7-13(5-4-6-22)8-12(2)17(11)15-9-14(26(3,27)28)10-16-18(15)24-20(21)25-19(16)23/h4-5,7-10,27H,1-3H3,(H2,23,24,25)/b5-4+. The maximum Gasteiger partial charge on any atom is 0.224 e. The Morgan fingerprint density at radius 2 is 1.86 bits per heavy atom. The van der Waals surface area contributed by atoms with Gasteiger partial charge in [-0.05, 0) is 53.8 Å². The minimum atomic E-state index is -1.62. The normalized spacial score (nSPS) is 13.6. The van der Waals surface area contributed by atoms with Crippen LogP contribution in [0, 0.1) is 30.4 Å². The van der Waals surface area contributed by atoms with Gasteiger partial charge in [-0.25, -0.2) is 15.2 Å². The summed E-state index contributed by atoms with van der Waals surface area (Å²) in [4.78, 5) is 6.65. The van der Waals surface area contributed by atoms with Gasteiger partial charge in [-0.15, -0.1) is 0 Å². The molecule has 1 aromatic heterocycles. The van der Waals surface area contributed by atoms with Crippen molar-refractivity contribution >= 4 is 40.1 Å². The van der Waals surface area contributed by atoms with Crippen molar-refractivity contribution in [1.29, 1.82) is 5.26 Å².